The molecule has 2 rings (SSSR count). The molecular formula is C19H22BrNO2S. The number of rotatable bonds is 7. The number of carbonyl (C=O) groups is 1. The molecule has 5 heteroatoms. The fraction of sp³-hybridized carbons (Fsp3) is 0.316. The zero-order valence-corrected chi connectivity index (χ0v) is 16.5. The number of nitrogens with one attached hydrogen (secondary N) is 1. The van der Waals surface area contributed by atoms with Crippen molar-refractivity contribution in [3.63, 3.8) is 0 Å². The molecule has 0 saturated carbocycles. The number of halogens is 1. The van der Waals surface area contributed by atoms with Gasteiger partial charge in [0.05, 0.1) is 18.4 Å². The van der Waals surface area contributed by atoms with Crippen LogP contribution in [0, 0.1) is 6.92 Å². The molecule has 0 radical (unpaired) electrons. The van der Waals surface area contributed by atoms with Gasteiger partial charge in [0.15, 0.2) is 0 Å². The lowest BCUT2D eigenvalue weighted by molar-refractivity contribution is -0.119. The number of aryl methyl sites for hydroxylation is 1. The van der Waals surface area contributed by atoms with Crippen LogP contribution in [-0.4, -0.2) is 18.3 Å². The minimum atomic E-state index is -0.0931. The van der Waals surface area contributed by atoms with Gasteiger partial charge in [0.25, 0.3) is 0 Å². The van der Waals surface area contributed by atoms with Crippen LogP contribution in [0.1, 0.15) is 31.0 Å². The van der Waals surface area contributed by atoms with Crippen molar-refractivity contribution in [1.82, 2.24) is 5.32 Å². The van der Waals surface area contributed by atoms with E-state index in [-0.39, 0.29) is 11.9 Å². The van der Waals surface area contributed by atoms with Crippen molar-refractivity contribution in [1.29, 1.82) is 0 Å². The monoisotopic (exact) mass is 407 g/mol. The zero-order valence-electron chi connectivity index (χ0n) is 14.1. The topological polar surface area (TPSA) is 38.3 Å². The first-order valence-corrected chi connectivity index (χ1v) is 9.68. The highest BCUT2D eigenvalue weighted by Gasteiger charge is 2.14. The van der Waals surface area contributed by atoms with Gasteiger partial charge in [-0.3, -0.25) is 4.79 Å². The van der Waals surface area contributed by atoms with E-state index >= 15 is 0 Å². The Morgan fingerprint density at radius 1 is 1.25 bits per heavy atom. The maximum absolute atomic E-state index is 12.2. The van der Waals surface area contributed by atoms with E-state index in [9.17, 15) is 4.79 Å². The van der Waals surface area contributed by atoms with Gasteiger partial charge in [0.2, 0.25) is 5.91 Å². The Bertz CT molecular complexity index is 688. The molecule has 0 aliphatic rings. The van der Waals surface area contributed by atoms with Crippen LogP contribution in [0.25, 0.3) is 0 Å². The molecule has 0 bridgehead atoms. The molecule has 0 heterocycles. The molecule has 0 aromatic heterocycles. The summed E-state index contributed by atoms with van der Waals surface area (Å²) in [6, 6.07) is 13.9. The molecule has 1 N–H and O–H groups in total. The molecule has 2 aromatic rings. The van der Waals surface area contributed by atoms with E-state index < -0.39 is 0 Å². The number of hydrogen-bond acceptors (Lipinski definition) is 3. The highest BCUT2D eigenvalue weighted by atomic mass is 79.9. The van der Waals surface area contributed by atoms with E-state index in [1.54, 1.807) is 0 Å². The summed E-state index contributed by atoms with van der Waals surface area (Å²) < 4.78 is 6.71. The molecule has 0 aliphatic carbocycles. The van der Waals surface area contributed by atoms with Crippen molar-refractivity contribution >= 4 is 33.6 Å². The van der Waals surface area contributed by atoms with E-state index in [0.29, 0.717) is 12.4 Å². The van der Waals surface area contributed by atoms with Gasteiger partial charge < -0.3 is 10.1 Å². The largest absolute Gasteiger partial charge is 0.494 e. The number of thioether (sulfide) groups is 1. The van der Waals surface area contributed by atoms with Gasteiger partial charge in [-0.05, 0) is 51.1 Å². The average molecular weight is 408 g/mol. The van der Waals surface area contributed by atoms with Gasteiger partial charge in [-0.1, -0.05) is 33.6 Å². The summed E-state index contributed by atoms with van der Waals surface area (Å²) >= 11 is 4.94. The second kappa shape index (κ2) is 9.14. The predicted octanol–water partition coefficient (Wildman–Crippen LogP) is 5.13. The summed E-state index contributed by atoms with van der Waals surface area (Å²) in [6.07, 6.45) is 0. The maximum Gasteiger partial charge on any atom is 0.230 e. The minimum Gasteiger partial charge on any atom is -0.494 e. The van der Waals surface area contributed by atoms with Crippen molar-refractivity contribution in [3.8, 4) is 5.75 Å². The van der Waals surface area contributed by atoms with Crippen LogP contribution >= 0.6 is 27.7 Å². The smallest absolute Gasteiger partial charge is 0.230 e. The summed E-state index contributed by atoms with van der Waals surface area (Å²) in [7, 11) is 0. The first-order valence-electron chi connectivity index (χ1n) is 7.90. The molecule has 2 aromatic carbocycles. The molecule has 128 valence electrons. The van der Waals surface area contributed by atoms with Gasteiger partial charge in [0.1, 0.15) is 5.75 Å². The van der Waals surface area contributed by atoms with Gasteiger partial charge in [-0.2, -0.15) is 0 Å². The SMILES string of the molecule is CCOc1ccc(C)cc1C(C)NC(=O)CSc1ccc(Br)cc1. The maximum atomic E-state index is 12.2. The number of carbonyl (C=O) groups excluding carboxylic acids is 1. The Morgan fingerprint density at radius 3 is 2.62 bits per heavy atom. The predicted molar refractivity (Wildman–Crippen MR) is 104 cm³/mol. The lowest BCUT2D eigenvalue weighted by Crippen LogP contribution is -2.28. The summed E-state index contributed by atoms with van der Waals surface area (Å²) in [4.78, 5) is 13.3. The molecule has 0 aliphatic heterocycles. The molecule has 0 saturated heterocycles. The molecule has 1 unspecified atom stereocenters. The van der Waals surface area contributed by atoms with Crippen LogP contribution in [0.15, 0.2) is 51.8 Å². The quantitative estimate of drug-likeness (QED) is 0.646. The van der Waals surface area contributed by atoms with Crippen LogP contribution < -0.4 is 10.1 Å². The first kappa shape index (κ1) is 18.9. The molecular weight excluding hydrogens is 386 g/mol. The molecule has 3 nitrogen and oxygen atoms in total. The Kier molecular flexibility index (Phi) is 7.18. The van der Waals surface area contributed by atoms with Crippen molar-refractivity contribution < 1.29 is 9.53 Å². The molecule has 24 heavy (non-hydrogen) atoms. The first-order chi connectivity index (χ1) is 11.5. The van der Waals surface area contributed by atoms with E-state index in [1.165, 1.54) is 11.8 Å². The Morgan fingerprint density at radius 2 is 1.96 bits per heavy atom. The van der Waals surface area contributed by atoms with Crippen LogP contribution in [0.4, 0.5) is 0 Å². The van der Waals surface area contributed by atoms with Crippen molar-refractivity contribution in [3.05, 3.63) is 58.1 Å². The number of hydrogen-bond donors (Lipinski definition) is 1. The Balaban J connectivity index is 1.96. The highest BCUT2D eigenvalue weighted by Crippen LogP contribution is 2.27. The van der Waals surface area contributed by atoms with Gasteiger partial charge in [-0.25, -0.2) is 0 Å². The highest BCUT2D eigenvalue weighted by molar-refractivity contribution is 9.10. The Hall–Kier alpha value is -1.46. The van der Waals surface area contributed by atoms with E-state index in [0.717, 1.165) is 26.2 Å². The Labute approximate surface area is 156 Å². The summed E-state index contributed by atoms with van der Waals surface area (Å²) in [5, 5.41) is 3.05. The number of ether oxygens (including phenoxy) is 1. The van der Waals surface area contributed by atoms with E-state index in [4.69, 9.17) is 4.74 Å². The standard InChI is InChI=1S/C19H22BrNO2S/c1-4-23-18-10-5-13(2)11-17(18)14(3)21-19(22)12-24-16-8-6-15(20)7-9-16/h5-11,14H,4,12H2,1-3H3,(H,21,22). The van der Waals surface area contributed by atoms with Crippen LogP contribution in [0.2, 0.25) is 0 Å². The van der Waals surface area contributed by atoms with Crippen molar-refractivity contribution in [2.45, 2.75) is 31.7 Å². The molecule has 0 fully saturated rings. The second-order valence-electron chi connectivity index (χ2n) is 5.51. The average Bonchev–Trinajstić information content (AvgIpc) is 2.56. The third-order valence-electron chi connectivity index (χ3n) is 3.49. The second-order valence-corrected chi connectivity index (χ2v) is 7.47. The normalized spacial score (nSPS) is 11.8. The third kappa shape index (κ3) is 5.56. The van der Waals surface area contributed by atoms with E-state index in [1.807, 2.05) is 57.2 Å². The number of amides is 1. The zero-order chi connectivity index (χ0) is 17.5. The lowest BCUT2D eigenvalue weighted by Gasteiger charge is -2.18. The van der Waals surface area contributed by atoms with Gasteiger partial charge >= 0.3 is 0 Å². The van der Waals surface area contributed by atoms with Crippen LogP contribution in [-0.2, 0) is 4.79 Å². The van der Waals surface area contributed by atoms with Crippen molar-refractivity contribution in [2.75, 3.05) is 12.4 Å². The van der Waals surface area contributed by atoms with Gasteiger partial charge in [-0.15, -0.1) is 11.8 Å². The fourth-order valence-corrected chi connectivity index (χ4v) is 3.31. The van der Waals surface area contributed by atoms with E-state index in [2.05, 4.69) is 27.3 Å². The summed E-state index contributed by atoms with van der Waals surface area (Å²) in [6.45, 7) is 6.59. The molecule has 1 amide bonds. The summed E-state index contributed by atoms with van der Waals surface area (Å²) in [5.41, 5.74) is 2.16. The van der Waals surface area contributed by atoms with Crippen molar-refractivity contribution in [2.24, 2.45) is 0 Å². The molecule has 0 spiro atoms. The van der Waals surface area contributed by atoms with Crippen LogP contribution in [0.3, 0.4) is 0 Å². The van der Waals surface area contributed by atoms with Crippen LogP contribution in [0.5, 0.6) is 5.75 Å². The number of benzene rings is 2. The molecule has 1 atom stereocenters. The third-order valence-corrected chi connectivity index (χ3v) is 5.03. The minimum absolute atomic E-state index is 0.0133. The van der Waals surface area contributed by atoms with Gasteiger partial charge in [0, 0.05) is 14.9 Å². The lowest BCUT2D eigenvalue weighted by atomic mass is 10.0. The fourth-order valence-electron chi connectivity index (χ4n) is 2.33. The summed E-state index contributed by atoms with van der Waals surface area (Å²) in [5.74, 6) is 1.23.